The van der Waals surface area contributed by atoms with Crippen LogP contribution in [0.3, 0.4) is 0 Å². The highest BCUT2D eigenvalue weighted by Crippen LogP contribution is 2.16. The lowest BCUT2D eigenvalue weighted by atomic mass is 10.1. The molecule has 6 heteroatoms. The third kappa shape index (κ3) is 7.01. The van der Waals surface area contributed by atoms with Crippen molar-refractivity contribution in [1.82, 2.24) is 4.72 Å². The van der Waals surface area contributed by atoms with Crippen LogP contribution in [0.4, 0.5) is 5.69 Å². The van der Waals surface area contributed by atoms with Crippen molar-refractivity contribution in [3.05, 3.63) is 24.3 Å². The van der Waals surface area contributed by atoms with Gasteiger partial charge in [0, 0.05) is 18.2 Å². The molecule has 0 radical (unpaired) electrons. The molecule has 0 saturated carbocycles. The molecule has 0 saturated heterocycles. The van der Waals surface area contributed by atoms with Crippen molar-refractivity contribution in [2.24, 2.45) is 5.92 Å². The summed E-state index contributed by atoms with van der Waals surface area (Å²) in [6.45, 7) is 6.50. The molecule has 1 amide bonds. The lowest BCUT2D eigenvalue weighted by Crippen LogP contribution is -2.25. The van der Waals surface area contributed by atoms with Crippen molar-refractivity contribution in [3.63, 3.8) is 0 Å². The summed E-state index contributed by atoms with van der Waals surface area (Å²) in [6.07, 6.45) is 5.90. The summed E-state index contributed by atoms with van der Waals surface area (Å²) in [6, 6.07) is 6.30. The maximum Gasteiger partial charge on any atom is 0.240 e. The second-order valence-electron chi connectivity index (χ2n) is 6.16. The van der Waals surface area contributed by atoms with Gasteiger partial charge in [0.1, 0.15) is 0 Å². The summed E-state index contributed by atoms with van der Waals surface area (Å²) in [5.41, 5.74) is 0.616. The number of rotatable bonds is 11. The third-order valence-corrected chi connectivity index (χ3v) is 5.40. The molecule has 24 heavy (non-hydrogen) atoms. The fraction of sp³-hybridized carbons (Fsp3) is 0.611. The highest BCUT2D eigenvalue weighted by molar-refractivity contribution is 7.89. The molecular weight excluding hydrogens is 324 g/mol. The predicted molar refractivity (Wildman–Crippen MR) is 98.5 cm³/mol. The van der Waals surface area contributed by atoms with Gasteiger partial charge in [-0.25, -0.2) is 13.1 Å². The van der Waals surface area contributed by atoms with Crippen LogP contribution in [0.1, 0.15) is 59.3 Å². The van der Waals surface area contributed by atoms with Crippen LogP contribution in [0.15, 0.2) is 29.2 Å². The van der Waals surface area contributed by atoms with Crippen LogP contribution in [0.25, 0.3) is 0 Å². The minimum atomic E-state index is -3.48. The van der Waals surface area contributed by atoms with Crippen LogP contribution in [-0.2, 0) is 14.8 Å². The molecule has 0 aliphatic carbocycles. The van der Waals surface area contributed by atoms with Crippen molar-refractivity contribution in [3.8, 4) is 0 Å². The van der Waals surface area contributed by atoms with Gasteiger partial charge >= 0.3 is 0 Å². The molecule has 0 bridgehead atoms. The van der Waals surface area contributed by atoms with Crippen molar-refractivity contribution in [2.75, 3.05) is 11.9 Å². The Kier molecular flexibility index (Phi) is 9.00. The minimum absolute atomic E-state index is 0.0403. The van der Waals surface area contributed by atoms with Crippen molar-refractivity contribution >= 4 is 21.6 Å². The summed E-state index contributed by atoms with van der Waals surface area (Å²) < 4.78 is 27.0. The molecule has 136 valence electrons. The molecular formula is C18H30N2O3S. The molecule has 0 aromatic heterocycles. The van der Waals surface area contributed by atoms with E-state index >= 15 is 0 Å². The Morgan fingerprint density at radius 2 is 1.71 bits per heavy atom. The predicted octanol–water partition coefficient (Wildman–Crippen LogP) is 3.92. The van der Waals surface area contributed by atoms with Gasteiger partial charge in [-0.05, 0) is 37.1 Å². The second kappa shape index (κ2) is 10.5. The van der Waals surface area contributed by atoms with Crippen molar-refractivity contribution in [2.45, 2.75) is 64.2 Å². The number of carbonyl (C=O) groups is 1. The van der Waals surface area contributed by atoms with Crippen LogP contribution in [0, 0.1) is 5.92 Å². The number of anilines is 1. The number of benzene rings is 1. The largest absolute Gasteiger partial charge is 0.326 e. The van der Waals surface area contributed by atoms with Crippen molar-refractivity contribution in [1.29, 1.82) is 0 Å². The van der Waals surface area contributed by atoms with Gasteiger partial charge in [-0.3, -0.25) is 4.79 Å². The zero-order valence-corrected chi connectivity index (χ0v) is 15.8. The summed E-state index contributed by atoms with van der Waals surface area (Å²) in [7, 11) is -3.48. The number of hydrogen-bond acceptors (Lipinski definition) is 3. The Balaban J connectivity index is 2.58. The number of carbonyl (C=O) groups excluding carboxylic acids is 1. The van der Waals surface area contributed by atoms with Crippen LogP contribution in [-0.4, -0.2) is 20.9 Å². The Labute approximate surface area is 146 Å². The van der Waals surface area contributed by atoms with Crippen LogP contribution in [0.5, 0.6) is 0 Å². The number of nitrogens with one attached hydrogen (secondary N) is 2. The van der Waals surface area contributed by atoms with Gasteiger partial charge in [0.15, 0.2) is 0 Å². The summed E-state index contributed by atoms with van der Waals surface area (Å²) >= 11 is 0. The topological polar surface area (TPSA) is 75.3 Å². The molecule has 1 aromatic rings. The summed E-state index contributed by atoms with van der Waals surface area (Å²) in [5, 5.41) is 2.82. The summed E-state index contributed by atoms with van der Waals surface area (Å²) in [4.78, 5) is 12.2. The SMILES string of the molecule is CCCCCCNS(=O)(=O)c1ccc(NC(=O)C(C)CCC)cc1. The maximum absolute atomic E-state index is 12.2. The van der Waals surface area contributed by atoms with Crippen molar-refractivity contribution < 1.29 is 13.2 Å². The Morgan fingerprint density at radius 1 is 1.04 bits per heavy atom. The van der Waals surface area contributed by atoms with Gasteiger partial charge in [0.05, 0.1) is 4.90 Å². The molecule has 1 unspecified atom stereocenters. The van der Waals surface area contributed by atoms with Gasteiger partial charge in [-0.1, -0.05) is 46.5 Å². The third-order valence-electron chi connectivity index (χ3n) is 3.92. The fourth-order valence-electron chi connectivity index (χ4n) is 2.39. The lowest BCUT2D eigenvalue weighted by molar-refractivity contribution is -0.119. The van der Waals surface area contributed by atoms with E-state index in [-0.39, 0.29) is 16.7 Å². The average Bonchev–Trinajstić information content (AvgIpc) is 2.55. The van der Waals surface area contributed by atoms with Gasteiger partial charge in [0.25, 0.3) is 0 Å². The smallest absolute Gasteiger partial charge is 0.240 e. The lowest BCUT2D eigenvalue weighted by Gasteiger charge is -2.12. The van der Waals surface area contributed by atoms with Crippen LogP contribution in [0.2, 0.25) is 0 Å². The van der Waals surface area contributed by atoms with Gasteiger partial charge < -0.3 is 5.32 Å². The first kappa shape index (κ1) is 20.6. The van der Waals surface area contributed by atoms with E-state index in [0.717, 1.165) is 38.5 Å². The highest BCUT2D eigenvalue weighted by Gasteiger charge is 2.15. The molecule has 1 atom stereocenters. The molecule has 0 aliphatic rings. The van der Waals surface area contributed by atoms with E-state index in [1.54, 1.807) is 12.1 Å². The quantitative estimate of drug-likeness (QED) is 0.591. The number of unbranched alkanes of at least 4 members (excludes halogenated alkanes) is 3. The zero-order valence-electron chi connectivity index (χ0n) is 15.0. The van der Waals surface area contributed by atoms with E-state index in [1.807, 2.05) is 13.8 Å². The van der Waals surface area contributed by atoms with Gasteiger partial charge in [-0.2, -0.15) is 0 Å². The van der Waals surface area contributed by atoms with E-state index < -0.39 is 10.0 Å². The molecule has 0 spiro atoms. The second-order valence-corrected chi connectivity index (χ2v) is 7.93. The first-order valence-electron chi connectivity index (χ1n) is 8.81. The van der Waals surface area contributed by atoms with E-state index in [2.05, 4.69) is 17.0 Å². The monoisotopic (exact) mass is 354 g/mol. The van der Waals surface area contributed by atoms with Crippen LogP contribution < -0.4 is 10.0 Å². The number of hydrogen-bond donors (Lipinski definition) is 2. The van der Waals surface area contributed by atoms with Gasteiger partial charge in [-0.15, -0.1) is 0 Å². The van der Waals surface area contributed by atoms with E-state index in [4.69, 9.17) is 0 Å². The molecule has 1 aromatic carbocycles. The van der Waals surface area contributed by atoms with E-state index in [0.29, 0.717) is 12.2 Å². The zero-order chi connectivity index (χ0) is 18.0. The highest BCUT2D eigenvalue weighted by atomic mass is 32.2. The normalized spacial score (nSPS) is 12.8. The Bertz CT molecular complexity index is 597. The molecule has 1 rings (SSSR count). The molecule has 0 fully saturated rings. The molecule has 5 nitrogen and oxygen atoms in total. The fourth-order valence-corrected chi connectivity index (χ4v) is 3.46. The number of amides is 1. The Hall–Kier alpha value is -1.40. The number of sulfonamides is 1. The van der Waals surface area contributed by atoms with E-state index in [9.17, 15) is 13.2 Å². The van der Waals surface area contributed by atoms with Gasteiger partial charge in [0.2, 0.25) is 15.9 Å². The molecule has 2 N–H and O–H groups in total. The van der Waals surface area contributed by atoms with E-state index in [1.165, 1.54) is 12.1 Å². The first-order chi connectivity index (χ1) is 11.4. The molecule has 0 aliphatic heterocycles. The Morgan fingerprint density at radius 3 is 2.29 bits per heavy atom. The summed E-state index contributed by atoms with van der Waals surface area (Å²) in [5.74, 6) is -0.0929. The minimum Gasteiger partial charge on any atom is -0.326 e. The molecule has 0 heterocycles. The first-order valence-corrected chi connectivity index (χ1v) is 10.3. The maximum atomic E-state index is 12.2. The van der Waals surface area contributed by atoms with Crippen LogP contribution >= 0.6 is 0 Å². The standard InChI is InChI=1S/C18H30N2O3S/c1-4-6-7-8-14-19-24(22,23)17-12-10-16(11-13-17)20-18(21)15(3)9-5-2/h10-13,15,19H,4-9,14H2,1-3H3,(H,20,21). The average molecular weight is 355 g/mol.